The maximum absolute atomic E-state index is 13.9. The molecule has 2 aromatic rings. The minimum Gasteiger partial charge on any atom is -0.392 e. The number of aliphatic hydroxyl groups is 1. The molecule has 114 valence electrons. The second kappa shape index (κ2) is 5.47. The average molecular weight is 343 g/mol. The standard InChI is InChI=1S/C12H8Cl2F4N2O/c1-20-11(12(16,17)18)9(14)10(19-20)6-2-5(4-21)7(13)3-8(6)15/h2-3,21H,4H2,1H3. The monoisotopic (exact) mass is 342 g/mol. The Bertz CT molecular complexity index is 698. The SMILES string of the molecule is Cn1nc(-c2cc(CO)c(Cl)cc2F)c(Cl)c1C(F)(F)F. The van der Waals surface area contributed by atoms with E-state index in [4.69, 9.17) is 28.3 Å². The van der Waals surface area contributed by atoms with Gasteiger partial charge in [0.15, 0.2) is 5.69 Å². The van der Waals surface area contributed by atoms with Gasteiger partial charge in [-0.25, -0.2) is 4.39 Å². The number of alkyl halides is 3. The Labute approximate surface area is 126 Å². The summed E-state index contributed by atoms with van der Waals surface area (Å²) in [4.78, 5) is 0. The van der Waals surface area contributed by atoms with Crippen molar-refractivity contribution in [3.63, 3.8) is 0 Å². The van der Waals surface area contributed by atoms with E-state index in [1.165, 1.54) is 0 Å². The molecule has 21 heavy (non-hydrogen) atoms. The summed E-state index contributed by atoms with van der Waals surface area (Å²) in [5.74, 6) is -0.883. The van der Waals surface area contributed by atoms with Gasteiger partial charge in [0, 0.05) is 17.6 Å². The Kier molecular flexibility index (Phi) is 4.19. The highest BCUT2D eigenvalue weighted by Crippen LogP contribution is 2.40. The molecule has 1 aromatic heterocycles. The number of aryl methyl sites for hydroxylation is 1. The number of rotatable bonds is 2. The lowest BCUT2D eigenvalue weighted by Gasteiger charge is -2.07. The van der Waals surface area contributed by atoms with Crippen LogP contribution in [0, 0.1) is 5.82 Å². The number of aromatic nitrogens is 2. The van der Waals surface area contributed by atoms with E-state index < -0.39 is 29.3 Å². The second-order valence-electron chi connectivity index (χ2n) is 4.21. The largest absolute Gasteiger partial charge is 0.434 e. The molecule has 0 atom stereocenters. The third-order valence-corrected chi connectivity index (χ3v) is 3.53. The molecule has 1 heterocycles. The van der Waals surface area contributed by atoms with Crippen LogP contribution in [0.4, 0.5) is 17.6 Å². The third-order valence-electron chi connectivity index (χ3n) is 2.82. The van der Waals surface area contributed by atoms with Gasteiger partial charge in [-0.15, -0.1) is 0 Å². The molecule has 0 aliphatic carbocycles. The zero-order valence-electron chi connectivity index (χ0n) is 10.5. The number of benzene rings is 1. The number of halogens is 6. The van der Waals surface area contributed by atoms with Crippen molar-refractivity contribution >= 4 is 23.2 Å². The van der Waals surface area contributed by atoms with Crippen LogP contribution in [0.3, 0.4) is 0 Å². The van der Waals surface area contributed by atoms with Crippen molar-refractivity contribution < 1.29 is 22.7 Å². The lowest BCUT2D eigenvalue weighted by atomic mass is 10.1. The van der Waals surface area contributed by atoms with Gasteiger partial charge in [-0.3, -0.25) is 4.68 Å². The summed E-state index contributed by atoms with van der Waals surface area (Å²) >= 11 is 11.4. The van der Waals surface area contributed by atoms with E-state index >= 15 is 0 Å². The molecule has 0 unspecified atom stereocenters. The van der Waals surface area contributed by atoms with E-state index in [1.807, 2.05) is 0 Å². The summed E-state index contributed by atoms with van der Waals surface area (Å²) in [6, 6.07) is 2.01. The summed E-state index contributed by atoms with van der Waals surface area (Å²) in [5, 5.41) is 12.0. The van der Waals surface area contributed by atoms with Gasteiger partial charge < -0.3 is 5.11 Å². The average Bonchev–Trinajstić information content (AvgIpc) is 2.64. The van der Waals surface area contributed by atoms with Crippen molar-refractivity contribution in [3.8, 4) is 11.3 Å². The van der Waals surface area contributed by atoms with Crippen LogP contribution in [0.5, 0.6) is 0 Å². The van der Waals surface area contributed by atoms with Crippen LogP contribution in [-0.2, 0) is 19.8 Å². The molecule has 1 N–H and O–H groups in total. The lowest BCUT2D eigenvalue weighted by Crippen LogP contribution is -2.12. The molecule has 1 aromatic carbocycles. The number of hydrogen-bond acceptors (Lipinski definition) is 2. The van der Waals surface area contributed by atoms with Crippen molar-refractivity contribution in [1.82, 2.24) is 9.78 Å². The molecular weight excluding hydrogens is 335 g/mol. The van der Waals surface area contributed by atoms with Gasteiger partial charge >= 0.3 is 6.18 Å². The molecule has 2 rings (SSSR count). The van der Waals surface area contributed by atoms with Crippen LogP contribution in [0.1, 0.15) is 11.3 Å². The van der Waals surface area contributed by atoms with Gasteiger partial charge in [0.1, 0.15) is 11.5 Å². The lowest BCUT2D eigenvalue weighted by molar-refractivity contribution is -0.143. The van der Waals surface area contributed by atoms with Crippen LogP contribution < -0.4 is 0 Å². The van der Waals surface area contributed by atoms with Gasteiger partial charge in [0.2, 0.25) is 0 Å². The van der Waals surface area contributed by atoms with Crippen LogP contribution in [0.25, 0.3) is 11.3 Å². The van der Waals surface area contributed by atoms with Crippen LogP contribution >= 0.6 is 23.2 Å². The van der Waals surface area contributed by atoms with Crippen molar-refractivity contribution in [3.05, 3.63) is 39.3 Å². The highest BCUT2D eigenvalue weighted by atomic mass is 35.5. The van der Waals surface area contributed by atoms with Crippen LogP contribution in [0.15, 0.2) is 12.1 Å². The second-order valence-corrected chi connectivity index (χ2v) is 5.00. The molecule has 0 radical (unpaired) electrons. The summed E-state index contributed by atoms with van der Waals surface area (Å²) in [5.41, 5.74) is -1.66. The molecule has 0 amide bonds. The summed E-state index contributed by atoms with van der Waals surface area (Å²) < 4.78 is 53.0. The fourth-order valence-electron chi connectivity index (χ4n) is 1.87. The minimum atomic E-state index is -4.72. The first kappa shape index (κ1) is 16.1. The molecule has 0 spiro atoms. The Morgan fingerprint density at radius 3 is 2.38 bits per heavy atom. The summed E-state index contributed by atoms with van der Waals surface area (Å²) in [6.45, 7) is -0.497. The smallest absolute Gasteiger partial charge is 0.392 e. The quantitative estimate of drug-likeness (QED) is 0.836. The minimum absolute atomic E-state index is 0.0400. The summed E-state index contributed by atoms with van der Waals surface area (Å²) in [7, 11) is 1.05. The fraction of sp³-hybridized carbons (Fsp3) is 0.250. The first-order valence-corrected chi connectivity index (χ1v) is 6.31. The molecule has 0 fully saturated rings. The van der Waals surface area contributed by atoms with E-state index in [0.717, 1.165) is 19.2 Å². The van der Waals surface area contributed by atoms with Gasteiger partial charge in [-0.2, -0.15) is 18.3 Å². The Hall–Kier alpha value is -1.31. The van der Waals surface area contributed by atoms with E-state index in [0.29, 0.717) is 4.68 Å². The van der Waals surface area contributed by atoms with Crippen molar-refractivity contribution in [2.75, 3.05) is 0 Å². The molecule has 3 nitrogen and oxygen atoms in total. The van der Waals surface area contributed by atoms with Gasteiger partial charge in [-0.1, -0.05) is 23.2 Å². The molecule has 0 aliphatic rings. The van der Waals surface area contributed by atoms with Crippen molar-refractivity contribution in [1.29, 1.82) is 0 Å². The van der Waals surface area contributed by atoms with Gasteiger partial charge in [0.25, 0.3) is 0 Å². The molecule has 0 aliphatic heterocycles. The van der Waals surface area contributed by atoms with Crippen LogP contribution in [0.2, 0.25) is 10.0 Å². The molecular formula is C12H8Cl2F4N2O. The first-order chi connectivity index (χ1) is 9.66. The van der Waals surface area contributed by atoms with Crippen LogP contribution in [-0.4, -0.2) is 14.9 Å². The zero-order chi connectivity index (χ0) is 15.9. The summed E-state index contributed by atoms with van der Waals surface area (Å²) in [6.07, 6.45) is -4.72. The Morgan fingerprint density at radius 1 is 1.29 bits per heavy atom. The normalized spacial score (nSPS) is 12.0. The number of hydrogen-bond donors (Lipinski definition) is 1. The highest BCUT2D eigenvalue weighted by Gasteiger charge is 2.39. The molecule has 0 bridgehead atoms. The Balaban J connectivity index is 2.69. The first-order valence-electron chi connectivity index (χ1n) is 5.55. The Morgan fingerprint density at radius 2 is 1.90 bits per heavy atom. The topological polar surface area (TPSA) is 38.0 Å². The highest BCUT2D eigenvalue weighted by molar-refractivity contribution is 6.34. The number of nitrogens with zero attached hydrogens (tertiary/aromatic N) is 2. The third kappa shape index (κ3) is 2.86. The van der Waals surface area contributed by atoms with Gasteiger partial charge in [-0.05, 0) is 17.7 Å². The zero-order valence-corrected chi connectivity index (χ0v) is 12.0. The fourth-order valence-corrected chi connectivity index (χ4v) is 2.45. The predicted molar refractivity (Wildman–Crippen MR) is 69.5 cm³/mol. The van der Waals surface area contributed by atoms with Gasteiger partial charge in [0.05, 0.1) is 11.6 Å². The van der Waals surface area contributed by atoms with Crippen molar-refractivity contribution in [2.24, 2.45) is 7.05 Å². The molecule has 0 saturated carbocycles. The van der Waals surface area contributed by atoms with Crippen molar-refractivity contribution in [2.45, 2.75) is 12.8 Å². The van der Waals surface area contributed by atoms with E-state index in [-0.39, 0.29) is 21.8 Å². The van der Waals surface area contributed by atoms with E-state index in [1.54, 1.807) is 0 Å². The molecule has 0 saturated heterocycles. The molecule has 9 heteroatoms. The van der Waals surface area contributed by atoms with E-state index in [9.17, 15) is 17.6 Å². The predicted octanol–water partition coefficient (Wildman–Crippen LogP) is 4.04. The maximum atomic E-state index is 13.9. The number of aliphatic hydroxyl groups excluding tert-OH is 1. The van der Waals surface area contributed by atoms with E-state index in [2.05, 4.69) is 5.10 Å². The maximum Gasteiger partial charge on any atom is 0.434 e.